The number of carbonyl (C=O) groups is 1. The summed E-state index contributed by atoms with van der Waals surface area (Å²) in [6.07, 6.45) is 1.53. The molecule has 0 spiro atoms. The zero-order chi connectivity index (χ0) is 25.8. The number of hydrogen-bond donors (Lipinski definition) is 3. The van der Waals surface area contributed by atoms with Crippen molar-refractivity contribution in [2.24, 2.45) is 0 Å². The molecule has 0 aliphatic rings. The summed E-state index contributed by atoms with van der Waals surface area (Å²) in [5, 5.41) is 12.9. The number of ether oxygens (including phenoxy) is 3. The minimum Gasteiger partial charge on any atom is -0.497 e. The Hall–Kier alpha value is -4.11. The smallest absolute Gasteiger partial charge is 0.191 e. The van der Waals surface area contributed by atoms with Crippen LogP contribution in [0.2, 0.25) is 0 Å². The summed E-state index contributed by atoms with van der Waals surface area (Å²) in [5.74, 6) is -0.184. The van der Waals surface area contributed by atoms with Gasteiger partial charge in [0, 0.05) is 58.2 Å². The fourth-order valence-corrected chi connectivity index (χ4v) is 4.07. The van der Waals surface area contributed by atoms with E-state index in [1.54, 1.807) is 31.2 Å². The third kappa shape index (κ3) is 4.96. The number of hydrogen-bond acceptors (Lipinski definition) is 6. The number of aliphatic hydroxyl groups is 1. The lowest BCUT2D eigenvalue weighted by atomic mass is 9.95. The normalized spacial score (nSPS) is 11.8. The van der Waals surface area contributed by atoms with Crippen LogP contribution in [0.15, 0.2) is 54.7 Å². The lowest BCUT2D eigenvalue weighted by Crippen LogP contribution is -2.22. The van der Waals surface area contributed by atoms with Crippen LogP contribution in [0.25, 0.3) is 10.9 Å². The first-order chi connectivity index (χ1) is 17.4. The maximum Gasteiger partial charge on any atom is 0.191 e. The number of ketones is 1. The van der Waals surface area contributed by atoms with Gasteiger partial charge >= 0.3 is 0 Å². The number of carbonyl (C=O) groups excluding carboxylic acids is 1. The largest absolute Gasteiger partial charge is 0.497 e. The maximum absolute atomic E-state index is 14.1. The quantitative estimate of drug-likeness (QED) is 0.262. The Labute approximate surface area is 206 Å². The molecule has 0 bridgehead atoms. The van der Waals surface area contributed by atoms with Crippen LogP contribution in [0.4, 0.5) is 14.5 Å². The summed E-state index contributed by atoms with van der Waals surface area (Å²) in [6, 6.07) is 10.8. The van der Waals surface area contributed by atoms with E-state index >= 15 is 0 Å². The number of fused-ring (bicyclic) bond motifs is 1. The number of aryl methyl sites for hydroxylation is 1. The van der Waals surface area contributed by atoms with E-state index in [1.807, 2.05) is 0 Å². The van der Waals surface area contributed by atoms with Crippen LogP contribution in [0.1, 0.15) is 27.5 Å². The first-order valence-corrected chi connectivity index (χ1v) is 11.2. The molecule has 3 aromatic carbocycles. The number of Topliss-reactive ketones (excluding diaryl/α,β-unsaturated/α-hetero) is 1. The minimum atomic E-state index is -1.01. The summed E-state index contributed by atoms with van der Waals surface area (Å²) in [6.45, 7) is 1.53. The van der Waals surface area contributed by atoms with Crippen LogP contribution in [-0.2, 0) is 0 Å². The second-order valence-corrected chi connectivity index (χ2v) is 8.09. The SMILES string of the molecule is COc1cc(NC(C(=O)c2c[nH]c3c(C)c(F)ccc23)c2ccc(F)cc2OC)cc(OCCO)c1. The molecular weight excluding hydrogens is 470 g/mol. The number of aromatic amines is 1. The maximum atomic E-state index is 14.1. The van der Waals surface area contributed by atoms with Gasteiger partial charge in [-0.3, -0.25) is 4.79 Å². The average Bonchev–Trinajstić information content (AvgIpc) is 3.32. The molecule has 9 heteroatoms. The van der Waals surface area contributed by atoms with Crippen LogP contribution < -0.4 is 19.5 Å². The first kappa shape index (κ1) is 25.0. The highest BCUT2D eigenvalue weighted by molar-refractivity contribution is 6.12. The van der Waals surface area contributed by atoms with Crippen molar-refractivity contribution < 1.29 is 32.9 Å². The monoisotopic (exact) mass is 496 g/mol. The molecule has 0 saturated carbocycles. The lowest BCUT2D eigenvalue weighted by molar-refractivity contribution is 0.0970. The van der Waals surface area contributed by atoms with Crippen molar-refractivity contribution in [2.45, 2.75) is 13.0 Å². The van der Waals surface area contributed by atoms with E-state index < -0.39 is 11.9 Å². The molecule has 4 aromatic rings. The Morgan fingerprint density at radius 3 is 2.56 bits per heavy atom. The molecule has 0 fully saturated rings. The van der Waals surface area contributed by atoms with Gasteiger partial charge in [-0.1, -0.05) is 0 Å². The van der Waals surface area contributed by atoms with Crippen molar-refractivity contribution in [3.63, 3.8) is 0 Å². The number of methoxy groups -OCH3 is 2. The Kier molecular flexibility index (Phi) is 7.40. The van der Waals surface area contributed by atoms with Crippen LogP contribution in [0.3, 0.4) is 0 Å². The standard InChI is InChI=1S/C27H26F2N2O5/c1-15-23(29)7-6-20-22(14-30-25(15)20)27(33)26(21-5-4-16(28)10-24(21)35-3)31-17-11-18(34-2)13-19(12-17)36-9-8-32/h4-7,10-14,26,30-32H,8-9H2,1-3H3. The third-order valence-electron chi connectivity index (χ3n) is 5.87. The summed E-state index contributed by atoms with van der Waals surface area (Å²) < 4.78 is 44.4. The molecule has 1 heterocycles. The van der Waals surface area contributed by atoms with Gasteiger partial charge in [0.2, 0.25) is 0 Å². The van der Waals surface area contributed by atoms with Crippen molar-refractivity contribution in [3.05, 3.63) is 83.1 Å². The molecular formula is C27H26F2N2O5. The Balaban J connectivity index is 1.82. The van der Waals surface area contributed by atoms with Gasteiger partial charge in [0.1, 0.15) is 41.5 Å². The van der Waals surface area contributed by atoms with Gasteiger partial charge < -0.3 is 29.6 Å². The molecule has 0 aliphatic carbocycles. The first-order valence-electron chi connectivity index (χ1n) is 11.2. The molecule has 0 radical (unpaired) electrons. The summed E-state index contributed by atoms with van der Waals surface area (Å²) in [4.78, 5) is 17.0. The number of nitrogens with one attached hydrogen (secondary N) is 2. The molecule has 1 unspecified atom stereocenters. The van der Waals surface area contributed by atoms with E-state index in [0.717, 1.165) is 0 Å². The van der Waals surface area contributed by atoms with Crippen LogP contribution in [0, 0.1) is 18.6 Å². The van der Waals surface area contributed by atoms with E-state index in [4.69, 9.17) is 19.3 Å². The van der Waals surface area contributed by atoms with Crippen LogP contribution in [0.5, 0.6) is 17.2 Å². The predicted molar refractivity (Wildman–Crippen MR) is 132 cm³/mol. The molecule has 3 N–H and O–H groups in total. The molecule has 0 saturated heterocycles. The van der Waals surface area contributed by atoms with Gasteiger partial charge in [0.05, 0.1) is 26.3 Å². The molecule has 1 atom stereocenters. The van der Waals surface area contributed by atoms with Crippen LogP contribution in [-0.4, -0.2) is 43.3 Å². The Bertz CT molecular complexity index is 1400. The van der Waals surface area contributed by atoms with E-state index in [2.05, 4.69) is 10.3 Å². The van der Waals surface area contributed by atoms with Gasteiger partial charge in [-0.05, 0) is 31.2 Å². The molecule has 1 aromatic heterocycles. The zero-order valence-electron chi connectivity index (χ0n) is 20.0. The highest BCUT2D eigenvalue weighted by Crippen LogP contribution is 2.36. The minimum absolute atomic E-state index is 0.0754. The van der Waals surface area contributed by atoms with Gasteiger partial charge in [-0.25, -0.2) is 8.78 Å². The summed E-state index contributed by atoms with van der Waals surface area (Å²) >= 11 is 0. The number of aromatic nitrogens is 1. The highest BCUT2D eigenvalue weighted by Gasteiger charge is 2.28. The van der Waals surface area contributed by atoms with E-state index in [-0.39, 0.29) is 30.6 Å². The molecule has 188 valence electrons. The van der Waals surface area contributed by atoms with Gasteiger partial charge in [-0.2, -0.15) is 0 Å². The van der Waals surface area contributed by atoms with Crippen molar-refractivity contribution in [1.29, 1.82) is 0 Å². The van der Waals surface area contributed by atoms with Crippen molar-refractivity contribution >= 4 is 22.4 Å². The van der Waals surface area contributed by atoms with Crippen molar-refractivity contribution in [3.8, 4) is 17.2 Å². The molecule has 0 amide bonds. The average molecular weight is 497 g/mol. The fourth-order valence-electron chi connectivity index (χ4n) is 4.07. The second-order valence-electron chi connectivity index (χ2n) is 8.09. The summed E-state index contributed by atoms with van der Waals surface area (Å²) in [5.41, 5.74) is 2.13. The second kappa shape index (κ2) is 10.7. The van der Waals surface area contributed by atoms with E-state index in [1.165, 1.54) is 44.7 Å². The topological polar surface area (TPSA) is 92.8 Å². The molecule has 7 nitrogen and oxygen atoms in total. The molecule has 36 heavy (non-hydrogen) atoms. The zero-order valence-corrected chi connectivity index (χ0v) is 20.0. The third-order valence-corrected chi connectivity index (χ3v) is 5.87. The van der Waals surface area contributed by atoms with Crippen molar-refractivity contribution in [1.82, 2.24) is 4.98 Å². The fraction of sp³-hybridized carbons (Fsp3) is 0.222. The Morgan fingerprint density at radius 1 is 1.06 bits per heavy atom. The van der Waals surface area contributed by atoms with Gasteiger partial charge in [0.25, 0.3) is 0 Å². The number of anilines is 1. The van der Waals surface area contributed by atoms with E-state index in [0.29, 0.717) is 44.8 Å². The van der Waals surface area contributed by atoms with E-state index in [9.17, 15) is 13.6 Å². The Morgan fingerprint density at radius 2 is 1.83 bits per heavy atom. The summed E-state index contributed by atoms with van der Waals surface area (Å²) in [7, 11) is 2.89. The highest BCUT2D eigenvalue weighted by atomic mass is 19.1. The molecule has 4 rings (SSSR count). The van der Waals surface area contributed by atoms with Gasteiger partial charge in [0.15, 0.2) is 5.78 Å². The number of halogens is 2. The van der Waals surface area contributed by atoms with Gasteiger partial charge in [-0.15, -0.1) is 0 Å². The van der Waals surface area contributed by atoms with Crippen molar-refractivity contribution in [2.75, 3.05) is 32.8 Å². The van der Waals surface area contributed by atoms with Crippen LogP contribution >= 0.6 is 0 Å². The predicted octanol–water partition coefficient (Wildman–Crippen LogP) is 5.18. The number of H-pyrrole nitrogens is 1. The molecule has 0 aliphatic heterocycles. The lowest BCUT2D eigenvalue weighted by Gasteiger charge is -2.22. The number of benzene rings is 3. The number of rotatable bonds is 10. The number of aliphatic hydroxyl groups excluding tert-OH is 1.